The maximum absolute atomic E-state index is 10.8. The lowest BCUT2D eigenvalue weighted by Gasteiger charge is -2.27. The van der Waals surface area contributed by atoms with Crippen LogP contribution in [0.25, 0.3) is 5.70 Å². The van der Waals surface area contributed by atoms with Gasteiger partial charge >= 0.3 is 0 Å². The Morgan fingerprint density at radius 3 is 3.00 bits per heavy atom. The number of aromatic nitrogens is 2. The summed E-state index contributed by atoms with van der Waals surface area (Å²) in [6.45, 7) is 4.85. The quantitative estimate of drug-likeness (QED) is 0.414. The highest BCUT2D eigenvalue weighted by molar-refractivity contribution is 5.93. The lowest BCUT2D eigenvalue weighted by molar-refractivity contribution is -0.0731. The number of aliphatic imine (C=N–C) groups is 1. The van der Waals surface area contributed by atoms with E-state index in [1.165, 1.54) is 17.8 Å². The molecule has 0 saturated carbocycles. The molecular formula is C14H17N5O4. The molecule has 9 nitrogen and oxygen atoms in total. The molecule has 4 atom stereocenters. The Morgan fingerprint density at radius 2 is 2.35 bits per heavy atom. The Bertz CT molecular complexity index is 746. The Morgan fingerprint density at radius 1 is 1.61 bits per heavy atom. The number of rotatable bonds is 2. The topological polar surface area (TPSA) is 138 Å². The number of nitrogens with one attached hydrogen (secondary N) is 1. The van der Waals surface area contributed by atoms with Crippen molar-refractivity contribution >= 4 is 17.5 Å². The average Bonchev–Trinajstić information content (AvgIpc) is 3.01. The first-order valence-electron chi connectivity index (χ1n) is 6.90. The van der Waals surface area contributed by atoms with Crippen LogP contribution in [0, 0.1) is 11.8 Å². The Kier molecular flexibility index (Phi) is 3.62. The molecule has 0 spiro atoms. The maximum Gasteiger partial charge on any atom is 0.199 e. The lowest BCUT2D eigenvalue weighted by atomic mass is 9.94. The molecule has 1 fully saturated rings. The largest absolute Gasteiger partial charge is 0.394 e. The molecule has 2 aliphatic heterocycles. The molecule has 0 aliphatic carbocycles. The van der Waals surface area contributed by atoms with Gasteiger partial charge in [-0.05, 0) is 6.92 Å². The molecule has 0 radical (unpaired) electrons. The lowest BCUT2D eigenvalue weighted by Crippen LogP contribution is -2.46. The fourth-order valence-corrected chi connectivity index (χ4v) is 2.74. The van der Waals surface area contributed by atoms with Gasteiger partial charge in [0, 0.05) is 0 Å². The van der Waals surface area contributed by atoms with Crippen molar-refractivity contribution in [3.05, 3.63) is 18.6 Å². The monoisotopic (exact) mass is 319 g/mol. The van der Waals surface area contributed by atoms with Crippen LogP contribution in [-0.4, -0.2) is 55.2 Å². The van der Waals surface area contributed by atoms with E-state index in [2.05, 4.69) is 33.7 Å². The standard InChI is InChI=1S/C14H17N5O4/c1-3-4-14(22)10(21)8(5-20)23-12(14)19-6-16-9-7(2)17-13(15)18-11(9)19/h6,8,10,12,20-22H,2,5H2,1H3,(H3,15,17,18)/t8?,10?,12-,14-/m1/s1. The van der Waals surface area contributed by atoms with Gasteiger partial charge in [-0.1, -0.05) is 12.5 Å². The van der Waals surface area contributed by atoms with Gasteiger partial charge in [0.1, 0.15) is 17.9 Å². The van der Waals surface area contributed by atoms with E-state index in [0.717, 1.165) is 0 Å². The molecule has 3 rings (SSSR count). The molecule has 1 aromatic rings. The second-order valence-electron chi connectivity index (χ2n) is 5.28. The minimum absolute atomic E-state index is 0.117. The van der Waals surface area contributed by atoms with Gasteiger partial charge in [-0.25, -0.2) is 4.98 Å². The minimum Gasteiger partial charge on any atom is -0.394 e. The summed E-state index contributed by atoms with van der Waals surface area (Å²) in [4.78, 5) is 8.32. The fraction of sp³-hybridized carbons (Fsp3) is 0.429. The van der Waals surface area contributed by atoms with Crippen LogP contribution in [-0.2, 0) is 4.74 Å². The smallest absolute Gasteiger partial charge is 0.199 e. The van der Waals surface area contributed by atoms with Crippen LogP contribution in [0.4, 0.5) is 5.82 Å². The SMILES string of the molecule is C=C1NC(N)=Nc2c1ncn2[C@@H]1OC(CO)C(O)[C@]1(O)C#CC. The van der Waals surface area contributed by atoms with Crippen LogP contribution in [0.3, 0.4) is 0 Å². The highest BCUT2D eigenvalue weighted by Crippen LogP contribution is 2.41. The molecule has 0 aromatic carbocycles. The highest BCUT2D eigenvalue weighted by Gasteiger charge is 2.56. The first-order valence-corrected chi connectivity index (χ1v) is 6.90. The van der Waals surface area contributed by atoms with Crippen LogP contribution in [0.15, 0.2) is 17.9 Å². The zero-order valence-electron chi connectivity index (χ0n) is 12.4. The van der Waals surface area contributed by atoms with Gasteiger partial charge in [0.2, 0.25) is 0 Å². The third-order valence-electron chi connectivity index (χ3n) is 3.80. The van der Waals surface area contributed by atoms with Gasteiger partial charge in [0.05, 0.1) is 18.6 Å². The van der Waals surface area contributed by atoms with Gasteiger partial charge in [-0.15, -0.1) is 5.92 Å². The number of imidazole rings is 1. The zero-order valence-corrected chi connectivity index (χ0v) is 12.4. The third kappa shape index (κ3) is 2.20. The Hall–Kier alpha value is -2.38. The van der Waals surface area contributed by atoms with Crippen LogP contribution in [0.5, 0.6) is 0 Å². The van der Waals surface area contributed by atoms with E-state index in [9.17, 15) is 15.3 Å². The van der Waals surface area contributed by atoms with Crippen molar-refractivity contribution in [1.82, 2.24) is 14.9 Å². The first-order chi connectivity index (χ1) is 10.9. The maximum atomic E-state index is 10.8. The summed E-state index contributed by atoms with van der Waals surface area (Å²) in [6.07, 6.45) is -2.11. The number of fused-ring (bicyclic) bond motifs is 1. The summed E-state index contributed by atoms with van der Waals surface area (Å²) in [5.41, 5.74) is 4.66. The fourth-order valence-electron chi connectivity index (χ4n) is 2.74. The van der Waals surface area contributed by atoms with Crippen LogP contribution >= 0.6 is 0 Å². The second-order valence-corrected chi connectivity index (χ2v) is 5.28. The molecule has 0 bridgehead atoms. The van der Waals surface area contributed by atoms with Gasteiger partial charge in [0.25, 0.3) is 0 Å². The van der Waals surface area contributed by atoms with E-state index in [4.69, 9.17) is 10.5 Å². The van der Waals surface area contributed by atoms with E-state index in [1.54, 1.807) is 0 Å². The van der Waals surface area contributed by atoms with E-state index in [0.29, 0.717) is 17.2 Å². The Labute approximate surface area is 132 Å². The van der Waals surface area contributed by atoms with Crippen LogP contribution in [0.1, 0.15) is 18.8 Å². The normalized spacial score (nSPS) is 32.6. The Balaban J connectivity index is 2.11. The molecule has 1 saturated heterocycles. The molecule has 9 heteroatoms. The summed E-state index contributed by atoms with van der Waals surface area (Å²) in [6, 6.07) is 0. The molecule has 3 heterocycles. The predicted molar refractivity (Wildman–Crippen MR) is 81.1 cm³/mol. The molecule has 0 amide bonds. The molecule has 1 aromatic heterocycles. The summed E-state index contributed by atoms with van der Waals surface area (Å²) >= 11 is 0. The van der Waals surface area contributed by atoms with Gasteiger partial charge in [-0.3, -0.25) is 4.57 Å². The van der Waals surface area contributed by atoms with Crippen molar-refractivity contribution in [2.45, 2.75) is 31.0 Å². The van der Waals surface area contributed by atoms with Gasteiger partial charge in [-0.2, -0.15) is 4.99 Å². The number of nitrogens with two attached hydrogens (primary N) is 1. The molecule has 2 aliphatic rings. The van der Waals surface area contributed by atoms with Crippen molar-refractivity contribution in [3.8, 4) is 11.8 Å². The number of guanidine groups is 1. The summed E-state index contributed by atoms with van der Waals surface area (Å²) in [7, 11) is 0. The van der Waals surface area contributed by atoms with Crippen molar-refractivity contribution < 1.29 is 20.1 Å². The molecule has 23 heavy (non-hydrogen) atoms. The second kappa shape index (κ2) is 5.36. The van der Waals surface area contributed by atoms with Crippen molar-refractivity contribution in [1.29, 1.82) is 0 Å². The van der Waals surface area contributed by atoms with Crippen molar-refractivity contribution in [3.63, 3.8) is 0 Å². The van der Waals surface area contributed by atoms with E-state index in [1.807, 2.05) is 0 Å². The first kappa shape index (κ1) is 15.5. The number of aliphatic hydroxyl groups is 3. The molecule has 2 unspecified atom stereocenters. The summed E-state index contributed by atoms with van der Waals surface area (Å²) in [5.74, 6) is 5.56. The number of aliphatic hydroxyl groups excluding tert-OH is 2. The number of hydrogen-bond donors (Lipinski definition) is 5. The van der Waals surface area contributed by atoms with Gasteiger partial charge < -0.3 is 31.1 Å². The average molecular weight is 319 g/mol. The van der Waals surface area contributed by atoms with Crippen LogP contribution in [0.2, 0.25) is 0 Å². The number of ether oxygens (including phenoxy) is 1. The third-order valence-corrected chi connectivity index (χ3v) is 3.80. The number of hydrogen-bond acceptors (Lipinski definition) is 8. The van der Waals surface area contributed by atoms with Crippen molar-refractivity contribution in [2.24, 2.45) is 10.7 Å². The molecule has 122 valence electrons. The highest BCUT2D eigenvalue weighted by atomic mass is 16.6. The minimum atomic E-state index is -1.92. The van der Waals surface area contributed by atoms with E-state index in [-0.39, 0.29) is 5.96 Å². The summed E-state index contributed by atoms with van der Waals surface area (Å²) in [5, 5.41) is 33.1. The number of nitrogens with zero attached hydrogens (tertiary/aromatic N) is 3. The zero-order chi connectivity index (χ0) is 16.8. The molecular weight excluding hydrogens is 302 g/mol. The van der Waals surface area contributed by atoms with Gasteiger partial charge in [0.15, 0.2) is 23.6 Å². The predicted octanol–water partition coefficient (Wildman–Crippen LogP) is -1.59. The van der Waals surface area contributed by atoms with Crippen molar-refractivity contribution in [2.75, 3.05) is 6.61 Å². The summed E-state index contributed by atoms with van der Waals surface area (Å²) < 4.78 is 7.00. The van der Waals surface area contributed by atoms with E-state index >= 15 is 0 Å². The molecule has 6 N–H and O–H groups in total. The van der Waals surface area contributed by atoms with E-state index < -0.39 is 30.6 Å². The van der Waals surface area contributed by atoms with Crippen LogP contribution < -0.4 is 11.1 Å².